The largest absolute Gasteiger partial charge is 0.469 e. The predicted molar refractivity (Wildman–Crippen MR) is 42.4 cm³/mol. The molecule has 0 aliphatic carbocycles. The van der Waals surface area contributed by atoms with Gasteiger partial charge in [0.15, 0.2) is 0 Å². The summed E-state index contributed by atoms with van der Waals surface area (Å²) in [5.74, 6) is -1.81. The van der Waals surface area contributed by atoms with Gasteiger partial charge in [0.05, 0.1) is 32.6 Å². The van der Waals surface area contributed by atoms with Crippen molar-refractivity contribution in [2.45, 2.75) is 12.8 Å². The van der Waals surface area contributed by atoms with Gasteiger partial charge in [-0.1, -0.05) is 0 Å². The Balaban J connectivity index is 4.18. The third-order valence-corrected chi connectivity index (χ3v) is 1.51. The molecule has 0 fully saturated rings. The van der Waals surface area contributed by atoms with E-state index in [0.29, 0.717) is 0 Å². The number of rotatable bonds is 4. The topological polar surface area (TPSA) is 76.4 Å². The normalized spacial score (nSPS) is 11.2. The predicted octanol–water partition coefficient (Wildman–Crippen LogP) is 0.252. The molecule has 0 aromatic rings. The molecule has 72 valence electrons. The Kier molecular flexibility index (Phi) is 5.28. The van der Waals surface area contributed by atoms with Gasteiger partial charge in [0.25, 0.3) is 0 Å². The van der Waals surface area contributed by atoms with Crippen LogP contribution in [-0.4, -0.2) is 26.2 Å². The molecule has 0 N–H and O–H groups in total. The minimum Gasteiger partial charge on any atom is -0.469 e. The van der Waals surface area contributed by atoms with Gasteiger partial charge in [-0.3, -0.25) is 9.59 Å². The minimum absolute atomic E-state index is 0.0399. The van der Waals surface area contributed by atoms with Crippen LogP contribution in [0.25, 0.3) is 0 Å². The van der Waals surface area contributed by atoms with Crippen LogP contribution in [0.2, 0.25) is 0 Å². The van der Waals surface area contributed by atoms with E-state index in [1.165, 1.54) is 14.2 Å². The van der Waals surface area contributed by atoms with Crippen molar-refractivity contribution in [2.24, 2.45) is 5.92 Å². The van der Waals surface area contributed by atoms with Crippen LogP contribution in [0.5, 0.6) is 0 Å². The third kappa shape index (κ3) is 4.11. The zero-order chi connectivity index (χ0) is 10.3. The first-order valence-corrected chi connectivity index (χ1v) is 3.67. The molecule has 1 atom stereocenters. The maximum Gasteiger partial charge on any atom is 0.310 e. The van der Waals surface area contributed by atoms with Crippen molar-refractivity contribution >= 4 is 11.9 Å². The summed E-state index contributed by atoms with van der Waals surface area (Å²) in [6, 6.07) is 1.80. The number of nitrogens with zero attached hydrogens (tertiary/aromatic N) is 1. The van der Waals surface area contributed by atoms with Gasteiger partial charge < -0.3 is 9.47 Å². The number of carbonyl (C=O) groups excluding carboxylic acids is 2. The highest BCUT2D eigenvalue weighted by molar-refractivity contribution is 5.80. The Hall–Kier alpha value is -1.57. The van der Waals surface area contributed by atoms with Crippen LogP contribution in [0, 0.1) is 17.2 Å². The van der Waals surface area contributed by atoms with E-state index in [-0.39, 0.29) is 12.8 Å². The van der Waals surface area contributed by atoms with Gasteiger partial charge in [0, 0.05) is 6.42 Å². The van der Waals surface area contributed by atoms with Crippen LogP contribution >= 0.6 is 0 Å². The van der Waals surface area contributed by atoms with Gasteiger partial charge in [-0.2, -0.15) is 5.26 Å². The molecule has 0 radical (unpaired) electrons. The van der Waals surface area contributed by atoms with Gasteiger partial charge in [-0.15, -0.1) is 0 Å². The molecule has 13 heavy (non-hydrogen) atoms. The fourth-order valence-corrected chi connectivity index (χ4v) is 0.800. The van der Waals surface area contributed by atoms with Crippen LogP contribution in [0.15, 0.2) is 0 Å². The lowest BCUT2D eigenvalue weighted by atomic mass is 10.0. The molecule has 0 rings (SSSR count). The second-order valence-corrected chi connectivity index (χ2v) is 2.36. The van der Waals surface area contributed by atoms with Crippen LogP contribution < -0.4 is 0 Å². The van der Waals surface area contributed by atoms with E-state index in [1.807, 2.05) is 0 Å². The lowest BCUT2D eigenvalue weighted by Gasteiger charge is -2.08. The molecular weight excluding hydrogens is 174 g/mol. The molecule has 0 amide bonds. The summed E-state index contributed by atoms with van der Waals surface area (Å²) in [7, 11) is 2.44. The van der Waals surface area contributed by atoms with Crippen molar-refractivity contribution in [1.29, 1.82) is 5.26 Å². The third-order valence-electron chi connectivity index (χ3n) is 1.51. The van der Waals surface area contributed by atoms with E-state index in [1.54, 1.807) is 6.07 Å². The summed E-state index contributed by atoms with van der Waals surface area (Å²) in [6.07, 6.45) is -0.154. The standard InChI is InChI=1S/C8H11NO4/c1-12-7(10)5-6(3-4-9)8(11)13-2/h6H,3,5H2,1-2H3. The smallest absolute Gasteiger partial charge is 0.310 e. The Morgan fingerprint density at radius 2 is 2.00 bits per heavy atom. The second-order valence-electron chi connectivity index (χ2n) is 2.36. The van der Waals surface area contributed by atoms with Gasteiger partial charge in [0.1, 0.15) is 0 Å². The highest BCUT2D eigenvalue weighted by Crippen LogP contribution is 2.10. The highest BCUT2D eigenvalue weighted by atomic mass is 16.5. The monoisotopic (exact) mass is 185 g/mol. The lowest BCUT2D eigenvalue weighted by Crippen LogP contribution is -2.20. The Bertz CT molecular complexity index is 231. The zero-order valence-corrected chi connectivity index (χ0v) is 7.57. The molecule has 0 saturated heterocycles. The highest BCUT2D eigenvalue weighted by Gasteiger charge is 2.22. The number of hydrogen-bond donors (Lipinski definition) is 0. The second kappa shape index (κ2) is 6.00. The lowest BCUT2D eigenvalue weighted by molar-refractivity contribution is -0.151. The average Bonchev–Trinajstić information content (AvgIpc) is 2.15. The van der Waals surface area contributed by atoms with E-state index in [4.69, 9.17) is 5.26 Å². The van der Waals surface area contributed by atoms with E-state index in [9.17, 15) is 9.59 Å². The van der Waals surface area contributed by atoms with Crippen molar-refractivity contribution < 1.29 is 19.1 Å². The van der Waals surface area contributed by atoms with Crippen molar-refractivity contribution in [3.8, 4) is 6.07 Å². The van der Waals surface area contributed by atoms with Gasteiger partial charge >= 0.3 is 11.9 Å². The molecule has 5 nitrogen and oxygen atoms in total. The molecule has 5 heteroatoms. The van der Waals surface area contributed by atoms with Crippen molar-refractivity contribution in [3.05, 3.63) is 0 Å². The fourth-order valence-electron chi connectivity index (χ4n) is 0.800. The number of esters is 2. The van der Waals surface area contributed by atoms with Gasteiger partial charge in [-0.25, -0.2) is 0 Å². The van der Waals surface area contributed by atoms with Crippen molar-refractivity contribution in [3.63, 3.8) is 0 Å². The number of carbonyl (C=O) groups is 2. The summed E-state index contributed by atoms with van der Waals surface area (Å²) in [5, 5.41) is 8.36. The quantitative estimate of drug-likeness (QED) is 0.587. The van der Waals surface area contributed by atoms with Crippen LogP contribution in [-0.2, 0) is 19.1 Å². The van der Waals surface area contributed by atoms with Crippen molar-refractivity contribution in [2.75, 3.05) is 14.2 Å². The molecule has 0 heterocycles. The molecule has 0 aliphatic heterocycles. The number of methoxy groups -OCH3 is 2. The summed E-state index contributed by atoms with van der Waals surface area (Å²) in [4.78, 5) is 21.8. The Morgan fingerprint density at radius 1 is 1.38 bits per heavy atom. The first kappa shape index (κ1) is 11.4. The number of ether oxygens (including phenoxy) is 2. The van der Waals surface area contributed by atoms with Crippen LogP contribution in [0.1, 0.15) is 12.8 Å². The van der Waals surface area contributed by atoms with E-state index in [0.717, 1.165) is 0 Å². The van der Waals surface area contributed by atoms with Gasteiger partial charge in [0.2, 0.25) is 0 Å². The molecule has 0 spiro atoms. The Labute approximate surface area is 76.2 Å². The maximum atomic E-state index is 11.0. The van der Waals surface area contributed by atoms with E-state index >= 15 is 0 Å². The molecule has 1 unspecified atom stereocenters. The molecule has 0 saturated carbocycles. The number of hydrogen-bond acceptors (Lipinski definition) is 5. The van der Waals surface area contributed by atoms with Gasteiger partial charge in [-0.05, 0) is 0 Å². The Morgan fingerprint density at radius 3 is 2.38 bits per heavy atom. The van der Waals surface area contributed by atoms with Crippen molar-refractivity contribution in [1.82, 2.24) is 0 Å². The SMILES string of the molecule is COC(=O)CC(CC#N)C(=O)OC. The maximum absolute atomic E-state index is 11.0. The fraction of sp³-hybridized carbons (Fsp3) is 0.625. The molecule has 0 bridgehead atoms. The summed E-state index contributed by atoms with van der Waals surface area (Å²) in [5.41, 5.74) is 0. The molecular formula is C8H11NO4. The molecule has 0 aromatic heterocycles. The first-order valence-electron chi connectivity index (χ1n) is 3.67. The minimum atomic E-state index is -0.720. The molecule has 0 aliphatic rings. The first-order chi connectivity index (χ1) is 6.15. The molecule has 0 aromatic carbocycles. The van der Waals surface area contributed by atoms with E-state index < -0.39 is 17.9 Å². The number of nitriles is 1. The summed E-state index contributed by atoms with van der Waals surface area (Å²) in [6.45, 7) is 0. The van der Waals surface area contributed by atoms with Crippen LogP contribution in [0.4, 0.5) is 0 Å². The van der Waals surface area contributed by atoms with E-state index in [2.05, 4.69) is 9.47 Å². The summed E-state index contributed by atoms with van der Waals surface area (Å²) < 4.78 is 8.78. The van der Waals surface area contributed by atoms with Crippen LogP contribution in [0.3, 0.4) is 0 Å². The average molecular weight is 185 g/mol. The zero-order valence-electron chi connectivity index (χ0n) is 7.57. The summed E-state index contributed by atoms with van der Waals surface area (Å²) >= 11 is 0.